The molecule has 0 radical (unpaired) electrons. The van der Waals surface area contributed by atoms with E-state index in [0.717, 1.165) is 17.5 Å². The summed E-state index contributed by atoms with van der Waals surface area (Å²) < 4.78 is 19.2. The van der Waals surface area contributed by atoms with Gasteiger partial charge in [-0.3, -0.25) is 0 Å². The first-order chi connectivity index (χ1) is 9.19. The van der Waals surface area contributed by atoms with Crippen LogP contribution in [-0.4, -0.2) is 7.11 Å². The van der Waals surface area contributed by atoms with Crippen molar-refractivity contribution in [3.05, 3.63) is 65.0 Å². The molecule has 2 aromatic carbocycles. The molecular formula is C16H18FNO. The molecule has 3 heteroatoms. The van der Waals surface area contributed by atoms with Gasteiger partial charge in [-0.15, -0.1) is 0 Å². The highest BCUT2D eigenvalue weighted by Crippen LogP contribution is 2.29. The lowest BCUT2D eigenvalue weighted by Gasteiger charge is -2.18. The third-order valence-electron chi connectivity index (χ3n) is 3.32. The van der Waals surface area contributed by atoms with Crippen molar-refractivity contribution in [2.24, 2.45) is 5.73 Å². The Kier molecular flexibility index (Phi) is 4.17. The summed E-state index contributed by atoms with van der Waals surface area (Å²) in [6.45, 7) is 2.06. The molecule has 0 spiro atoms. The van der Waals surface area contributed by atoms with Crippen molar-refractivity contribution in [1.29, 1.82) is 0 Å². The molecule has 0 heterocycles. The van der Waals surface area contributed by atoms with Crippen molar-refractivity contribution >= 4 is 0 Å². The summed E-state index contributed by atoms with van der Waals surface area (Å²) in [5, 5.41) is 0. The predicted molar refractivity (Wildman–Crippen MR) is 74.8 cm³/mol. The monoisotopic (exact) mass is 259 g/mol. The van der Waals surface area contributed by atoms with Gasteiger partial charge in [0.15, 0.2) is 11.6 Å². The molecule has 0 aliphatic heterocycles. The third kappa shape index (κ3) is 2.61. The van der Waals surface area contributed by atoms with E-state index in [-0.39, 0.29) is 11.6 Å². The van der Waals surface area contributed by atoms with Crippen molar-refractivity contribution in [3.63, 3.8) is 0 Å². The van der Waals surface area contributed by atoms with Crippen LogP contribution in [0.1, 0.15) is 29.7 Å². The fourth-order valence-corrected chi connectivity index (χ4v) is 2.25. The number of benzene rings is 2. The van der Waals surface area contributed by atoms with E-state index in [9.17, 15) is 4.39 Å². The molecule has 0 saturated heterocycles. The van der Waals surface area contributed by atoms with Crippen LogP contribution in [0.25, 0.3) is 0 Å². The smallest absolute Gasteiger partial charge is 0.170 e. The van der Waals surface area contributed by atoms with E-state index < -0.39 is 6.04 Å². The molecular weight excluding hydrogens is 241 g/mol. The van der Waals surface area contributed by atoms with E-state index >= 15 is 0 Å². The lowest BCUT2D eigenvalue weighted by molar-refractivity contribution is 0.383. The van der Waals surface area contributed by atoms with Crippen molar-refractivity contribution < 1.29 is 9.13 Å². The van der Waals surface area contributed by atoms with Crippen LogP contribution >= 0.6 is 0 Å². The number of hydrogen-bond acceptors (Lipinski definition) is 2. The Balaban J connectivity index is 2.47. The van der Waals surface area contributed by atoms with Crippen LogP contribution in [0, 0.1) is 5.82 Å². The molecule has 2 N–H and O–H groups in total. The van der Waals surface area contributed by atoms with Crippen LogP contribution in [0.5, 0.6) is 5.75 Å². The minimum Gasteiger partial charge on any atom is -0.494 e. The highest BCUT2D eigenvalue weighted by Gasteiger charge is 2.18. The second-order valence-electron chi connectivity index (χ2n) is 4.39. The van der Waals surface area contributed by atoms with Gasteiger partial charge in [-0.2, -0.15) is 0 Å². The first kappa shape index (κ1) is 13.6. The molecule has 0 aliphatic carbocycles. The Hall–Kier alpha value is -1.87. The van der Waals surface area contributed by atoms with Gasteiger partial charge in [-0.05, 0) is 23.6 Å². The number of hydrogen-bond donors (Lipinski definition) is 1. The zero-order valence-electron chi connectivity index (χ0n) is 11.2. The van der Waals surface area contributed by atoms with Gasteiger partial charge in [-0.1, -0.05) is 43.3 Å². The van der Waals surface area contributed by atoms with Crippen molar-refractivity contribution in [2.75, 3.05) is 7.11 Å². The van der Waals surface area contributed by atoms with E-state index in [1.807, 2.05) is 24.3 Å². The number of rotatable bonds is 4. The number of ether oxygens (including phenoxy) is 1. The lowest BCUT2D eigenvalue weighted by atomic mass is 9.93. The molecule has 2 aromatic rings. The summed E-state index contributed by atoms with van der Waals surface area (Å²) in [5.41, 5.74) is 8.77. The van der Waals surface area contributed by atoms with Crippen LogP contribution in [-0.2, 0) is 6.42 Å². The van der Waals surface area contributed by atoms with Gasteiger partial charge in [0.25, 0.3) is 0 Å². The van der Waals surface area contributed by atoms with Gasteiger partial charge in [-0.25, -0.2) is 4.39 Å². The SMILES string of the molecule is CCc1ccccc1C(N)c1cccc(OC)c1F. The molecule has 0 amide bonds. The molecule has 0 aliphatic rings. The largest absolute Gasteiger partial charge is 0.494 e. The normalized spacial score (nSPS) is 12.2. The minimum atomic E-state index is -0.480. The van der Waals surface area contributed by atoms with Crippen LogP contribution in [0.4, 0.5) is 4.39 Å². The van der Waals surface area contributed by atoms with Gasteiger partial charge >= 0.3 is 0 Å². The molecule has 1 unspecified atom stereocenters. The van der Waals surface area contributed by atoms with Crippen LogP contribution in [0.2, 0.25) is 0 Å². The fraction of sp³-hybridized carbons (Fsp3) is 0.250. The Morgan fingerprint density at radius 3 is 2.47 bits per heavy atom. The van der Waals surface area contributed by atoms with Gasteiger partial charge in [0.2, 0.25) is 0 Å². The number of halogens is 1. The van der Waals surface area contributed by atoms with Gasteiger partial charge in [0.05, 0.1) is 13.2 Å². The summed E-state index contributed by atoms with van der Waals surface area (Å²) >= 11 is 0. The second-order valence-corrected chi connectivity index (χ2v) is 4.39. The summed E-state index contributed by atoms with van der Waals surface area (Å²) in [4.78, 5) is 0. The summed E-state index contributed by atoms with van der Waals surface area (Å²) in [6.07, 6.45) is 0.870. The molecule has 0 bridgehead atoms. The minimum absolute atomic E-state index is 0.224. The molecule has 0 fully saturated rings. The van der Waals surface area contributed by atoms with E-state index in [1.165, 1.54) is 7.11 Å². The Bertz CT molecular complexity index is 568. The molecule has 2 nitrogen and oxygen atoms in total. The maximum absolute atomic E-state index is 14.2. The fourth-order valence-electron chi connectivity index (χ4n) is 2.25. The highest BCUT2D eigenvalue weighted by atomic mass is 19.1. The predicted octanol–water partition coefficient (Wildman–Crippen LogP) is 3.44. The average molecular weight is 259 g/mol. The van der Waals surface area contributed by atoms with Crippen LogP contribution < -0.4 is 10.5 Å². The lowest BCUT2D eigenvalue weighted by Crippen LogP contribution is -2.15. The molecule has 1 atom stereocenters. The zero-order chi connectivity index (χ0) is 13.8. The molecule has 0 saturated carbocycles. The maximum Gasteiger partial charge on any atom is 0.170 e. The summed E-state index contributed by atoms with van der Waals surface area (Å²) in [7, 11) is 1.45. The Morgan fingerprint density at radius 1 is 1.11 bits per heavy atom. The van der Waals surface area contributed by atoms with E-state index in [1.54, 1.807) is 18.2 Å². The van der Waals surface area contributed by atoms with Gasteiger partial charge < -0.3 is 10.5 Å². The van der Waals surface area contributed by atoms with Gasteiger partial charge in [0.1, 0.15) is 0 Å². The number of aryl methyl sites for hydroxylation is 1. The zero-order valence-corrected chi connectivity index (χ0v) is 11.2. The molecule has 2 rings (SSSR count). The molecule has 100 valence electrons. The second kappa shape index (κ2) is 5.85. The van der Waals surface area contributed by atoms with E-state index in [2.05, 4.69) is 6.92 Å². The summed E-state index contributed by atoms with van der Waals surface area (Å²) in [6, 6.07) is 12.4. The highest BCUT2D eigenvalue weighted by molar-refractivity contribution is 5.41. The standard InChI is InChI=1S/C16H18FNO/c1-3-11-7-4-5-8-12(11)16(18)13-9-6-10-14(19-2)15(13)17/h4-10,16H,3,18H2,1-2H3. The number of methoxy groups -OCH3 is 1. The first-order valence-electron chi connectivity index (χ1n) is 6.34. The molecule has 0 aromatic heterocycles. The van der Waals surface area contributed by atoms with Crippen molar-refractivity contribution in [1.82, 2.24) is 0 Å². The first-order valence-corrected chi connectivity index (χ1v) is 6.34. The third-order valence-corrected chi connectivity index (χ3v) is 3.32. The van der Waals surface area contributed by atoms with Crippen molar-refractivity contribution in [3.8, 4) is 5.75 Å². The molecule has 19 heavy (non-hydrogen) atoms. The van der Waals surface area contributed by atoms with Crippen LogP contribution in [0.3, 0.4) is 0 Å². The van der Waals surface area contributed by atoms with Crippen molar-refractivity contribution in [2.45, 2.75) is 19.4 Å². The maximum atomic E-state index is 14.2. The van der Waals surface area contributed by atoms with Crippen LogP contribution in [0.15, 0.2) is 42.5 Å². The van der Waals surface area contributed by atoms with Gasteiger partial charge in [0, 0.05) is 5.56 Å². The van der Waals surface area contributed by atoms with E-state index in [4.69, 9.17) is 10.5 Å². The van der Waals surface area contributed by atoms with E-state index in [0.29, 0.717) is 5.56 Å². The number of nitrogens with two attached hydrogens (primary N) is 1. The quantitative estimate of drug-likeness (QED) is 0.912. The topological polar surface area (TPSA) is 35.2 Å². The Morgan fingerprint density at radius 2 is 1.79 bits per heavy atom. The average Bonchev–Trinajstić information content (AvgIpc) is 2.46. The Labute approximate surface area is 113 Å². The summed E-state index contributed by atoms with van der Waals surface area (Å²) in [5.74, 6) is -0.162.